The summed E-state index contributed by atoms with van der Waals surface area (Å²) >= 11 is 0. The molecule has 1 fully saturated rings. The Morgan fingerprint density at radius 2 is 2.25 bits per heavy atom. The first-order valence-corrected chi connectivity index (χ1v) is 8.57. The molecule has 0 aromatic heterocycles. The van der Waals surface area contributed by atoms with Crippen LogP contribution in [0.15, 0.2) is 24.3 Å². The van der Waals surface area contributed by atoms with Crippen LogP contribution >= 0.6 is 0 Å². The second-order valence-electron chi connectivity index (χ2n) is 6.27. The SMILES string of the molecule is CC(C)OCCOCc1cccc(NC(=O)N2CCC[C@H]2CO)c1. The van der Waals surface area contributed by atoms with E-state index in [9.17, 15) is 9.90 Å². The van der Waals surface area contributed by atoms with Crippen molar-refractivity contribution in [3.63, 3.8) is 0 Å². The van der Waals surface area contributed by atoms with E-state index in [1.165, 1.54) is 0 Å². The van der Waals surface area contributed by atoms with Crippen LogP contribution in [0.1, 0.15) is 32.3 Å². The minimum Gasteiger partial charge on any atom is -0.394 e. The molecule has 1 atom stereocenters. The Balaban J connectivity index is 1.80. The molecule has 6 heteroatoms. The Bertz CT molecular complexity index is 521. The molecule has 24 heavy (non-hydrogen) atoms. The van der Waals surface area contributed by atoms with Gasteiger partial charge < -0.3 is 24.8 Å². The van der Waals surface area contributed by atoms with Crippen molar-refractivity contribution in [3.8, 4) is 0 Å². The van der Waals surface area contributed by atoms with Gasteiger partial charge in [0, 0.05) is 12.2 Å². The van der Waals surface area contributed by atoms with Crippen molar-refractivity contribution < 1.29 is 19.4 Å². The number of hydrogen-bond acceptors (Lipinski definition) is 4. The Morgan fingerprint density at radius 1 is 1.42 bits per heavy atom. The molecule has 0 saturated carbocycles. The molecule has 0 unspecified atom stereocenters. The van der Waals surface area contributed by atoms with E-state index in [0.717, 1.165) is 24.1 Å². The standard InChI is InChI=1S/C18H28N2O4/c1-14(2)24-10-9-23-13-15-5-3-6-16(11-15)19-18(22)20-8-4-7-17(20)12-21/h3,5-6,11,14,17,21H,4,7-10,12-13H2,1-2H3,(H,19,22)/t17-/m0/s1. The molecule has 1 heterocycles. The second-order valence-corrected chi connectivity index (χ2v) is 6.27. The highest BCUT2D eigenvalue weighted by molar-refractivity contribution is 5.89. The molecule has 6 nitrogen and oxygen atoms in total. The number of aliphatic hydroxyl groups excluding tert-OH is 1. The molecule has 1 aromatic rings. The molecule has 0 aliphatic carbocycles. The van der Waals surface area contributed by atoms with Gasteiger partial charge in [-0.1, -0.05) is 12.1 Å². The Kier molecular flexibility index (Phi) is 7.49. The molecular weight excluding hydrogens is 308 g/mol. The fraction of sp³-hybridized carbons (Fsp3) is 0.611. The van der Waals surface area contributed by atoms with Crippen LogP contribution in [0.4, 0.5) is 10.5 Å². The number of nitrogens with zero attached hydrogens (tertiary/aromatic N) is 1. The summed E-state index contributed by atoms with van der Waals surface area (Å²) in [6, 6.07) is 7.39. The first-order valence-electron chi connectivity index (χ1n) is 8.57. The van der Waals surface area contributed by atoms with Gasteiger partial charge in [-0.2, -0.15) is 0 Å². The Hall–Kier alpha value is -1.63. The summed E-state index contributed by atoms with van der Waals surface area (Å²) in [5.41, 5.74) is 1.74. The van der Waals surface area contributed by atoms with E-state index in [1.807, 2.05) is 38.1 Å². The van der Waals surface area contributed by atoms with Gasteiger partial charge in [0.2, 0.25) is 0 Å². The molecule has 1 aromatic carbocycles. The predicted molar refractivity (Wildman–Crippen MR) is 93.0 cm³/mol. The van der Waals surface area contributed by atoms with Gasteiger partial charge in [0.1, 0.15) is 0 Å². The number of ether oxygens (including phenoxy) is 2. The van der Waals surface area contributed by atoms with Gasteiger partial charge in [-0.25, -0.2) is 4.79 Å². The zero-order valence-corrected chi connectivity index (χ0v) is 14.5. The van der Waals surface area contributed by atoms with Gasteiger partial charge in [0.15, 0.2) is 0 Å². The number of nitrogens with one attached hydrogen (secondary N) is 1. The van der Waals surface area contributed by atoms with Crippen molar-refractivity contribution in [3.05, 3.63) is 29.8 Å². The molecule has 2 amide bonds. The number of hydrogen-bond donors (Lipinski definition) is 2. The smallest absolute Gasteiger partial charge is 0.322 e. The van der Waals surface area contributed by atoms with Crippen molar-refractivity contribution in [1.29, 1.82) is 0 Å². The predicted octanol–water partition coefficient (Wildman–Crippen LogP) is 2.62. The van der Waals surface area contributed by atoms with E-state index < -0.39 is 0 Å². The van der Waals surface area contributed by atoms with E-state index in [1.54, 1.807) is 4.90 Å². The highest BCUT2D eigenvalue weighted by Crippen LogP contribution is 2.19. The monoisotopic (exact) mass is 336 g/mol. The lowest BCUT2D eigenvalue weighted by Gasteiger charge is -2.23. The number of benzene rings is 1. The van der Waals surface area contributed by atoms with Crippen LogP contribution in [0.3, 0.4) is 0 Å². The topological polar surface area (TPSA) is 71.0 Å². The van der Waals surface area contributed by atoms with Crippen LogP contribution in [0.2, 0.25) is 0 Å². The van der Waals surface area contributed by atoms with E-state index in [2.05, 4.69) is 5.32 Å². The van der Waals surface area contributed by atoms with Crippen molar-refractivity contribution in [2.45, 2.75) is 45.4 Å². The summed E-state index contributed by atoms with van der Waals surface area (Å²) in [7, 11) is 0. The largest absolute Gasteiger partial charge is 0.394 e. The number of rotatable bonds is 8. The third-order valence-corrected chi connectivity index (χ3v) is 3.97. The summed E-state index contributed by atoms with van der Waals surface area (Å²) in [5.74, 6) is 0. The molecule has 0 bridgehead atoms. The Labute approximate surface area is 143 Å². The fourth-order valence-corrected chi connectivity index (χ4v) is 2.76. The van der Waals surface area contributed by atoms with Crippen molar-refractivity contribution in [1.82, 2.24) is 4.90 Å². The normalized spacial score (nSPS) is 17.5. The molecule has 2 N–H and O–H groups in total. The zero-order valence-electron chi connectivity index (χ0n) is 14.5. The summed E-state index contributed by atoms with van der Waals surface area (Å²) in [6.07, 6.45) is 2.00. The molecule has 0 radical (unpaired) electrons. The number of aliphatic hydroxyl groups is 1. The molecule has 0 spiro atoms. The lowest BCUT2D eigenvalue weighted by Crippen LogP contribution is -2.40. The Morgan fingerprint density at radius 3 is 3.00 bits per heavy atom. The molecule has 1 aliphatic rings. The maximum Gasteiger partial charge on any atom is 0.322 e. The first-order chi connectivity index (χ1) is 11.6. The van der Waals surface area contributed by atoms with Gasteiger partial charge >= 0.3 is 6.03 Å². The van der Waals surface area contributed by atoms with Crippen molar-refractivity contribution in [2.75, 3.05) is 31.7 Å². The number of amides is 2. The zero-order chi connectivity index (χ0) is 17.4. The van der Waals surface area contributed by atoms with Crippen molar-refractivity contribution in [2.24, 2.45) is 0 Å². The molecule has 134 valence electrons. The summed E-state index contributed by atoms with van der Waals surface area (Å²) < 4.78 is 11.0. The summed E-state index contributed by atoms with van der Waals surface area (Å²) in [6.45, 7) is 6.29. The lowest BCUT2D eigenvalue weighted by atomic mass is 10.2. The number of likely N-dealkylation sites (tertiary alicyclic amines) is 1. The van der Waals surface area contributed by atoms with E-state index in [-0.39, 0.29) is 24.8 Å². The highest BCUT2D eigenvalue weighted by Gasteiger charge is 2.27. The second kappa shape index (κ2) is 9.61. The third kappa shape index (κ3) is 5.78. The first kappa shape index (κ1) is 18.7. The van der Waals surface area contributed by atoms with Crippen LogP contribution in [0.5, 0.6) is 0 Å². The number of carbonyl (C=O) groups is 1. The minimum atomic E-state index is -0.157. The average molecular weight is 336 g/mol. The third-order valence-electron chi connectivity index (χ3n) is 3.97. The van der Waals surface area contributed by atoms with Gasteiger partial charge in [0.05, 0.1) is 38.6 Å². The van der Waals surface area contributed by atoms with Crippen LogP contribution in [0.25, 0.3) is 0 Å². The highest BCUT2D eigenvalue weighted by atomic mass is 16.5. The molecule has 2 rings (SSSR count). The van der Waals surface area contributed by atoms with Crippen LogP contribution in [0, 0.1) is 0 Å². The minimum absolute atomic E-state index is 0.0136. The van der Waals surface area contributed by atoms with E-state index in [0.29, 0.717) is 26.4 Å². The van der Waals surface area contributed by atoms with Gasteiger partial charge in [0.25, 0.3) is 0 Å². The lowest BCUT2D eigenvalue weighted by molar-refractivity contribution is 0.0143. The van der Waals surface area contributed by atoms with Gasteiger partial charge in [-0.3, -0.25) is 0 Å². The molecule has 1 saturated heterocycles. The van der Waals surface area contributed by atoms with E-state index in [4.69, 9.17) is 9.47 Å². The van der Waals surface area contributed by atoms with E-state index >= 15 is 0 Å². The molecular formula is C18H28N2O4. The average Bonchev–Trinajstić information content (AvgIpc) is 3.03. The summed E-state index contributed by atoms with van der Waals surface area (Å²) in [5, 5.41) is 12.2. The van der Waals surface area contributed by atoms with Crippen LogP contribution < -0.4 is 5.32 Å². The van der Waals surface area contributed by atoms with Crippen LogP contribution in [-0.2, 0) is 16.1 Å². The summed E-state index contributed by atoms with van der Waals surface area (Å²) in [4.78, 5) is 14.0. The van der Waals surface area contributed by atoms with Gasteiger partial charge in [-0.05, 0) is 44.4 Å². The number of urea groups is 1. The van der Waals surface area contributed by atoms with Crippen LogP contribution in [-0.4, -0.2) is 54.5 Å². The number of carbonyl (C=O) groups excluding carboxylic acids is 1. The molecule has 1 aliphatic heterocycles. The maximum atomic E-state index is 12.3. The number of anilines is 1. The maximum absolute atomic E-state index is 12.3. The van der Waals surface area contributed by atoms with Crippen molar-refractivity contribution >= 4 is 11.7 Å². The quantitative estimate of drug-likeness (QED) is 0.716. The fourth-order valence-electron chi connectivity index (χ4n) is 2.76. The van der Waals surface area contributed by atoms with Gasteiger partial charge in [-0.15, -0.1) is 0 Å².